The zero-order valence-corrected chi connectivity index (χ0v) is 8.36. The number of hydrogen-bond donors (Lipinski definition) is 1. The van der Waals surface area contributed by atoms with E-state index in [1.165, 1.54) is 0 Å². The Labute approximate surface area is 77.9 Å². The van der Waals surface area contributed by atoms with Crippen molar-refractivity contribution in [3.63, 3.8) is 0 Å². The number of ether oxygens (including phenoxy) is 1. The molecule has 1 atom stereocenters. The molecule has 0 spiro atoms. The van der Waals surface area contributed by atoms with E-state index in [0.29, 0.717) is 18.3 Å². The summed E-state index contributed by atoms with van der Waals surface area (Å²) in [5.74, 6) is 1.38. The Balaban J connectivity index is 3.45. The van der Waals surface area contributed by atoms with Gasteiger partial charge in [0.15, 0.2) is 0 Å². The van der Waals surface area contributed by atoms with Gasteiger partial charge in [-0.15, -0.1) is 0 Å². The van der Waals surface area contributed by atoms with E-state index in [0.717, 1.165) is 0 Å². The predicted octanol–water partition coefficient (Wildman–Crippen LogP) is 2.47. The van der Waals surface area contributed by atoms with Gasteiger partial charge in [0, 0.05) is 0 Å². The summed E-state index contributed by atoms with van der Waals surface area (Å²) < 4.78 is 28.1. The second-order valence-corrected chi connectivity index (χ2v) is 3.48. The molecule has 0 aliphatic heterocycles. The number of alkyl halides is 2. The molecule has 0 amide bonds. The third-order valence-electron chi connectivity index (χ3n) is 1.75. The van der Waals surface area contributed by atoms with Crippen LogP contribution in [0.15, 0.2) is 0 Å². The predicted molar refractivity (Wildman–Crippen MR) is 49.0 cm³/mol. The van der Waals surface area contributed by atoms with Gasteiger partial charge in [0.1, 0.15) is 6.61 Å². The summed E-state index contributed by atoms with van der Waals surface area (Å²) in [5, 5.41) is 0. The van der Waals surface area contributed by atoms with Crippen LogP contribution in [0, 0.1) is 11.8 Å². The molecular formula is C8H16F2OS. The third-order valence-corrected chi connectivity index (χ3v) is 2.22. The Hall–Kier alpha value is 0.170. The molecule has 0 aliphatic carbocycles. The lowest BCUT2D eigenvalue weighted by Gasteiger charge is -2.17. The summed E-state index contributed by atoms with van der Waals surface area (Å²) in [6.07, 6.45) is -2.36. The molecule has 0 saturated carbocycles. The molecule has 0 heterocycles. The maximum Gasteiger partial charge on any atom is 0.261 e. The molecule has 0 radical (unpaired) electrons. The minimum absolute atomic E-state index is 0.270. The minimum atomic E-state index is -2.36. The van der Waals surface area contributed by atoms with Gasteiger partial charge in [-0.3, -0.25) is 0 Å². The fraction of sp³-hybridized carbons (Fsp3) is 1.00. The Morgan fingerprint density at radius 3 is 2.17 bits per heavy atom. The SMILES string of the molecule is CC(C)C(CS)COCC(F)F. The van der Waals surface area contributed by atoms with E-state index in [-0.39, 0.29) is 5.92 Å². The van der Waals surface area contributed by atoms with Crippen LogP contribution in [-0.2, 0) is 4.74 Å². The molecule has 0 N–H and O–H groups in total. The van der Waals surface area contributed by atoms with Crippen molar-refractivity contribution in [1.82, 2.24) is 0 Å². The van der Waals surface area contributed by atoms with Crippen LogP contribution in [0.4, 0.5) is 8.78 Å². The van der Waals surface area contributed by atoms with E-state index in [2.05, 4.69) is 12.6 Å². The average Bonchev–Trinajstić information content (AvgIpc) is 1.96. The topological polar surface area (TPSA) is 9.23 Å². The first-order valence-electron chi connectivity index (χ1n) is 4.04. The van der Waals surface area contributed by atoms with Gasteiger partial charge in [0.05, 0.1) is 6.61 Å². The Morgan fingerprint density at radius 2 is 1.83 bits per heavy atom. The second-order valence-electron chi connectivity index (χ2n) is 3.12. The highest BCUT2D eigenvalue weighted by molar-refractivity contribution is 7.80. The van der Waals surface area contributed by atoms with Gasteiger partial charge in [-0.05, 0) is 17.6 Å². The van der Waals surface area contributed by atoms with Crippen molar-refractivity contribution in [1.29, 1.82) is 0 Å². The lowest BCUT2D eigenvalue weighted by Crippen LogP contribution is -2.19. The summed E-state index contributed by atoms with van der Waals surface area (Å²) in [4.78, 5) is 0. The van der Waals surface area contributed by atoms with Crippen LogP contribution in [0.25, 0.3) is 0 Å². The van der Waals surface area contributed by atoms with Crippen molar-refractivity contribution in [3.8, 4) is 0 Å². The summed E-state index contributed by atoms with van der Waals surface area (Å²) in [6.45, 7) is 3.99. The maximum atomic E-state index is 11.6. The molecular weight excluding hydrogens is 182 g/mol. The fourth-order valence-corrected chi connectivity index (χ4v) is 1.29. The van der Waals surface area contributed by atoms with Crippen LogP contribution >= 0.6 is 12.6 Å². The van der Waals surface area contributed by atoms with Crippen molar-refractivity contribution >= 4 is 12.6 Å². The Bertz CT molecular complexity index is 109. The molecule has 0 aromatic carbocycles. The molecule has 1 nitrogen and oxygen atoms in total. The van der Waals surface area contributed by atoms with Gasteiger partial charge in [-0.2, -0.15) is 12.6 Å². The lowest BCUT2D eigenvalue weighted by atomic mass is 9.99. The molecule has 12 heavy (non-hydrogen) atoms. The van der Waals surface area contributed by atoms with E-state index >= 15 is 0 Å². The summed E-state index contributed by atoms with van der Waals surface area (Å²) in [6, 6.07) is 0. The van der Waals surface area contributed by atoms with Gasteiger partial charge in [0.25, 0.3) is 6.43 Å². The summed E-state index contributed by atoms with van der Waals surface area (Å²) in [5.41, 5.74) is 0. The van der Waals surface area contributed by atoms with Crippen LogP contribution in [0.5, 0.6) is 0 Å². The standard InChI is InChI=1S/C8H16F2OS/c1-6(2)7(5-12)3-11-4-8(9)10/h6-8,12H,3-5H2,1-2H3. The van der Waals surface area contributed by atoms with E-state index in [1.54, 1.807) is 0 Å². The molecule has 0 rings (SSSR count). The van der Waals surface area contributed by atoms with Crippen molar-refractivity contribution in [3.05, 3.63) is 0 Å². The molecule has 4 heteroatoms. The van der Waals surface area contributed by atoms with Gasteiger partial charge in [-0.1, -0.05) is 13.8 Å². The van der Waals surface area contributed by atoms with Crippen molar-refractivity contribution in [2.24, 2.45) is 11.8 Å². The highest BCUT2D eigenvalue weighted by Gasteiger charge is 2.12. The number of rotatable bonds is 6. The van der Waals surface area contributed by atoms with Crippen LogP contribution < -0.4 is 0 Å². The summed E-state index contributed by atoms with van der Waals surface area (Å²) in [7, 11) is 0. The first kappa shape index (κ1) is 12.2. The average molecular weight is 198 g/mol. The largest absolute Gasteiger partial charge is 0.375 e. The lowest BCUT2D eigenvalue weighted by molar-refractivity contribution is 0.00133. The van der Waals surface area contributed by atoms with E-state index in [1.807, 2.05) is 13.8 Å². The number of halogens is 2. The van der Waals surface area contributed by atoms with Gasteiger partial charge in [0.2, 0.25) is 0 Å². The molecule has 74 valence electrons. The Morgan fingerprint density at radius 1 is 1.25 bits per heavy atom. The monoisotopic (exact) mass is 198 g/mol. The molecule has 1 unspecified atom stereocenters. The zero-order valence-electron chi connectivity index (χ0n) is 7.46. The number of hydrogen-bond acceptors (Lipinski definition) is 2. The quantitative estimate of drug-likeness (QED) is 0.645. The van der Waals surface area contributed by atoms with Crippen LogP contribution in [0.2, 0.25) is 0 Å². The first-order chi connectivity index (χ1) is 5.57. The van der Waals surface area contributed by atoms with Crippen LogP contribution in [0.1, 0.15) is 13.8 Å². The maximum absolute atomic E-state index is 11.6. The van der Waals surface area contributed by atoms with Crippen molar-refractivity contribution < 1.29 is 13.5 Å². The molecule has 0 aromatic heterocycles. The highest BCUT2D eigenvalue weighted by Crippen LogP contribution is 2.12. The molecule has 0 aliphatic rings. The smallest absolute Gasteiger partial charge is 0.261 e. The fourth-order valence-electron chi connectivity index (χ4n) is 0.764. The van der Waals surface area contributed by atoms with E-state index in [9.17, 15) is 8.78 Å². The summed E-state index contributed by atoms with van der Waals surface area (Å²) >= 11 is 4.11. The zero-order chi connectivity index (χ0) is 9.56. The molecule has 0 fully saturated rings. The Kier molecular flexibility index (Phi) is 6.76. The second kappa shape index (κ2) is 6.66. The van der Waals surface area contributed by atoms with E-state index in [4.69, 9.17) is 4.74 Å². The third kappa shape index (κ3) is 5.77. The van der Waals surface area contributed by atoms with Crippen molar-refractivity contribution in [2.45, 2.75) is 20.3 Å². The first-order valence-corrected chi connectivity index (χ1v) is 4.68. The normalized spacial score (nSPS) is 14.2. The van der Waals surface area contributed by atoms with Gasteiger partial charge >= 0.3 is 0 Å². The number of thiol groups is 1. The van der Waals surface area contributed by atoms with E-state index < -0.39 is 13.0 Å². The van der Waals surface area contributed by atoms with Crippen LogP contribution in [-0.4, -0.2) is 25.4 Å². The minimum Gasteiger partial charge on any atom is -0.375 e. The van der Waals surface area contributed by atoms with Crippen LogP contribution in [0.3, 0.4) is 0 Å². The molecule has 0 bridgehead atoms. The highest BCUT2D eigenvalue weighted by atomic mass is 32.1. The molecule has 0 saturated heterocycles. The molecule has 0 aromatic rings. The van der Waals surface area contributed by atoms with Gasteiger partial charge in [-0.25, -0.2) is 8.78 Å². The van der Waals surface area contributed by atoms with Crippen molar-refractivity contribution in [2.75, 3.05) is 19.0 Å². The van der Waals surface area contributed by atoms with Gasteiger partial charge < -0.3 is 4.74 Å².